The average Bonchev–Trinajstić information content (AvgIpc) is 3.48. The Bertz CT molecular complexity index is 1540. The second kappa shape index (κ2) is 8.99. The van der Waals surface area contributed by atoms with Crippen LogP contribution in [0.4, 0.5) is 5.69 Å². The van der Waals surface area contributed by atoms with Gasteiger partial charge in [-0.15, -0.1) is 0 Å². The van der Waals surface area contributed by atoms with Gasteiger partial charge >= 0.3 is 0 Å². The summed E-state index contributed by atoms with van der Waals surface area (Å²) in [6, 6.07) is 11.2. The van der Waals surface area contributed by atoms with Crippen molar-refractivity contribution in [3.63, 3.8) is 0 Å². The highest BCUT2D eigenvalue weighted by molar-refractivity contribution is 5.92. The Morgan fingerprint density at radius 3 is 2.44 bits per heavy atom. The molecule has 1 aliphatic rings. The number of hydrogen-bond donors (Lipinski definition) is 1. The van der Waals surface area contributed by atoms with Crippen molar-refractivity contribution >= 4 is 11.6 Å². The number of carbonyl (C=O) groups excluding carboxylic acids is 1. The predicted molar refractivity (Wildman–Crippen MR) is 134 cm³/mol. The fourth-order valence-corrected chi connectivity index (χ4v) is 4.56. The maximum Gasteiger partial charge on any atom is 0.264 e. The highest BCUT2D eigenvalue weighted by atomic mass is 16.7. The number of ether oxygens (including phenoxy) is 2. The van der Waals surface area contributed by atoms with Gasteiger partial charge in [-0.3, -0.25) is 9.59 Å². The molecule has 36 heavy (non-hydrogen) atoms. The van der Waals surface area contributed by atoms with Crippen LogP contribution in [0.1, 0.15) is 27.9 Å². The van der Waals surface area contributed by atoms with Gasteiger partial charge in [-0.05, 0) is 75.6 Å². The lowest BCUT2D eigenvalue weighted by Crippen LogP contribution is -2.31. The van der Waals surface area contributed by atoms with Crippen LogP contribution in [-0.4, -0.2) is 27.4 Å². The van der Waals surface area contributed by atoms with E-state index < -0.39 is 0 Å². The van der Waals surface area contributed by atoms with Crippen molar-refractivity contribution in [2.75, 3.05) is 12.1 Å². The molecule has 1 N–H and O–H groups in total. The van der Waals surface area contributed by atoms with Crippen LogP contribution >= 0.6 is 0 Å². The minimum Gasteiger partial charge on any atom is -0.454 e. The molecule has 0 fully saturated rings. The van der Waals surface area contributed by atoms with Gasteiger partial charge in [-0.2, -0.15) is 4.98 Å². The molecular formula is C27H26N4O5. The van der Waals surface area contributed by atoms with E-state index in [1.165, 1.54) is 4.57 Å². The molecule has 1 aliphatic heterocycles. The number of amides is 1. The van der Waals surface area contributed by atoms with Crippen LogP contribution in [0.2, 0.25) is 0 Å². The van der Waals surface area contributed by atoms with E-state index in [-0.39, 0.29) is 36.3 Å². The van der Waals surface area contributed by atoms with Gasteiger partial charge in [0.25, 0.3) is 11.4 Å². The lowest BCUT2D eigenvalue weighted by molar-refractivity contribution is -0.116. The molecule has 9 heteroatoms. The standard InChI is InChI=1S/C27H26N4O5/c1-14-8-16(3)24(17(4)9-14)28-22(32)12-31-18(5)10-15(2)23(27(31)33)26-29-25(30-36-26)19-6-7-20-21(11-19)35-13-34-20/h6-11H,12-13H2,1-5H3,(H,28,32). The Morgan fingerprint density at radius 1 is 0.972 bits per heavy atom. The molecule has 0 saturated carbocycles. The summed E-state index contributed by atoms with van der Waals surface area (Å²) >= 11 is 0. The van der Waals surface area contributed by atoms with Crippen LogP contribution in [0.3, 0.4) is 0 Å². The van der Waals surface area contributed by atoms with Crippen LogP contribution in [0, 0.1) is 34.6 Å². The van der Waals surface area contributed by atoms with E-state index in [4.69, 9.17) is 14.0 Å². The first-order valence-corrected chi connectivity index (χ1v) is 11.5. The molecule has 0 spiro atoms. The molecule has 3 heterocycles. The summed E-state index contributed by atoms with van der Waals surface area (Å²) in [5, 5.41) is 7.01. The van der Waals surface area contributed by atoms with Gasteiger partial charge in [0, 0.05) is 16.9 Å². The number of nitrogens with one attached hydrogen (secondary N) is 1. The normalized spacial score (nSPS) is 12.1. The Labute approximate surface area is 207 Å². The van der Waals surface area contributed by atoms with Crippen LogP contribution in [0.25, 0.3) is 22.8 Å². The van der Waals surface area contributed by atoms with Crippen LogP contribution in [-0.2, 0) is 11.3 Å². The SMILES string of the molecule is Cc1cc(C)c(NC(=O)Cn2c(C)cc(C)c(-c3nc(-c4ccc5c(c4)OCO5)no3)c2=O)c(C)c1. The lowest BCUT2D eigenvalue weighted by Gasteiger charge is -2.15. The van der Waals surface area contributed by atoms with Crippen molar-refractivity contribution < 1.29 is 18.8 Å². The molecule has 0 atom stereocenters. The zero-order valence-electron chi connectivity index (χ0n) is 20.8. The number of carbonyl (C=O) groups is 1. The highest BCUT2D eigenvalue weighted by Crippen LogP contribution is 2.35. The third-order valence-corrected chi connectivity index (χ3v) is 6.22. The van der Waals surface area contributed by atoms with E-state index >= 15 is 0 Å². The third kappa shape index (κ3) is 4.24. The van der Waals surface area contributed by atoms with Gasteiger partial charge in [0.2, 0.25) is 18.5 Å². The summed E-state index contributed by atoms with van der Waals surface area (Å²) < 4.78 is 17.7. The van der Waals surface area contributed by atoms with Crippen molar-refractivity contribution in [2.24, 2.45) is 0 Å². The zero-order chi connectivity index (χ0) is 25.6. The molecule has 4 aromatic rings. The molecule has 0 radical (unpaired) electrons. The summed E-state index contributed by atoms with van der Waals surface area (Å²) in [5.74, 6) is 1.35. The van der Waals surface area contributed by atoms with E-state index in [1.807, 2.05) is 39.0 Å². The van der Waals surface area contributed by atoms with E-state index in [1.54, 1.807) is 32.0 Å². The molecular weight excluding hydrogens is 460 g/mol. The van der Waals surface area contributed by atoms with Crippen LogP contribution in [0.5, 0.6) is 11.5 Å². The zero-order valence-corrected chi connectivity index (χ0v) is 20.8. The number of aromatic nitrogens is 3. The minimum absolute atomic E-state index is 0.0875. The minimum atomic E-state index is -0.374. The number of fused-ring (bicyclic) bond motifs is 1. The number of nitrogens with zero attached hydrogens (tertiary/aromatic N) is 3. The molecule has 1 amide bonds. The number of hydrogen-bond acceptors (Lipinski definition) is 7. The fraction of sp³-hybridized carbons (Fsp3) is 0.259. The van der Waals surface area contributed by atoms with E-state index in [0.717, 1.165) is 22.4 Å². The van der Waals surface area contributed by atoms with Gasteiger partial charge in [0.1, 0.15) is 12.1 Å². The van der Waals surface area contributed by atoms with E-state index in [0.29, 0.717) is 34.1 Å². The number of aryl methyl sites for hydroxylation is 5. The van der Waals surface area contributed by atoms with E-state index in [2.05, 4.69) is 15.5 Å². The Balaban J connectivity index is 1.45. The Kier molecular flexibility index (Phi) is 5.83. The number of anilines is 1. The summed E-state index contributed by atoms with van der Waals surface area (Å²) in [5.41, 5.74) is 5.71. The molecule has 0 unspecified atom stereocenters. The van der Waals surface area contributed by atoms with Gasteiger partial charge in [-0.25, -0.2) is 0 Å². The summed E-state index contributed by atoms with van der Waals surface area (Å²) in [6.07, 6.45) is 0. The van der Waals surface area contributed by atoms with Gasteiger partial charge < -0.3 is 23.9 Å². The molecule has 0 saturated heterocycles. The largest absolute Gasteiger partial charge is 0.454 e. The molecule has 0 bridgehead atoms. The van der Waals surface area contributed by atoms with Crippen molar-refractivity contribution in [2.45, 2.75) is 41.2 Å². The lowest BCUT2D eigenvalue weighted by atomic mass is 10.1. The van der Waals surface area contributed by atoms with Gasteiger partial charge in [0.05, 0.1) is 0 Å². The quantitative estimate of drug-likeness (QED) is 0.443. The second-order valence-corrected chi connectivity index (χ2v) is 9.05. The first-order valence-electron chi connectivity index (χ1n) is 11.5. The smallest absolute Gasteiger partial charge is 0.264 e. The summed E-state index contributed by atoms with van der Waals surface area (Å²) in [6.45, 7) is 9.52. The summed E-state index contributed by atoms with van der Waals surface area (Å²) in [4.78, 5) is 30.9. The highest BCUT2D eigenvalue weighted by Gasteiger charge is 2.22. The average molecular weight is 487 g/mol. The topological polar surface area (TPSA) is 108 Å². The molecule has 2 aromatic carbocycles. The van der Waals surface area contributed by atoms with Crippen molar-refractivity contribution in [1.29, 1.82) is 0 Å². The second-order valence-electron chi connectivity index (χ2n) is 9.05. The maximum absolute atomic E-state index is 13.5. The first kappa shape index (κ1) is 23.3. The molecule has 5 rings (SSSR count). The van der Waals surface area contributed by atoms with Crippen LogP contribution in [0.15, 0.2) is 45.7 Å². The number of rotatable bonds is 5. The Morgan fingerprint density at radius 2 is 1.69 bits per heavy atom. The van der Waals surface area contributed by atoms with Gasteiger partial charge in [0.15, 0.2) is 11.5 Å². The predicted octanol–water partition coefficient (Wildman–Crippen LogP) is 4.47. The third-order valence-electron chi connectivity index (χ3n) is 6.22. The van der Waals surface area contributed by atoms with Gasteiger partial charge in [-0.1, -0.05) is 22.9 Å². The number of benzene rings is 2. The first-order chi connectivity index (χ1) is 17.2. The van der Waals surface area contributed by atoms with Crippen LogP contribution < -0.4 is 20.3 Å². The maximum atomic E-state index is 13.5. The molecule has 2 aromatic heterocycles. The monoisotopic (exact) mass is 486 g/mol. The molecule has 0 aliphatic carbocycles. The summed E-state index contributed by atoms with van der Waals surface area (Å²) in [7, 11) is 0. The van der Waals surface area contributed by atoms with Crippen molar-refractivity contribution in [1.82, 2.24) is 14.7 Å². The fourth-order valence-electron chi connectivity index (χ4n) is 4.56. The number of pyridine rings is 1. The molecule has 184 valence electrons. The van der Waals surface area contributed by atoms with E-state index in [9.17, 15) is 9.59 Å². The van der Waals surface area contributed by atoms with Crippen molar-refractivity contribution in [3.05, 3.63) is 74.7 Å². The Hall–Kier alpha value is -4.40. The van der Waals surface area contributed by atoms with Crippen molar-refractivity contribution in [3.8, 4) is 34.3 Å². The molecule has 9 nitrogen and oxygen atoms in total.